The number of likely N-dealkylation sites (tertiary alicyclic amines) is 1. The normalized spacial score (nSPS) is 17.8. The number of aryl methyl sites for hydroxylation is 1. The van der Waals surface area contributed by atoms with Crippen LogP contribution >= 0.6 is 0 Å². The first kappa shape index (κ1) is 18.4. The largest absolute Gasteiger partial charge is 0.361 e. The van der Waals surface area contributed by atoms with Crippen LogP contribution in [-0.4, -0.2) is 57.7 Å². The van der Waals surface area contributed by atoms with Crippen LogP contribution < -0.4 is 4.90 Å². The van der Waals surface area contributed by atoms with E-state index in [4.69, 9.17) is 0 Å². The maximum absolute atomic E-state index is 12.5. The fraction of sp³-hybridized carbons (Fsp3) is 0.579. The zero-order valence-corrected chi connectivity index (χ0v) is 15.9. The Morgan fingerprint density at radius 1 is 1.19 bits per heavy atom. The summed E-state index contributed by atoms with van der Waals surface area (Å²) in [5.41, 5.74) is 2.11. The molecule has 0 N–H and O–H groups in total. The minimum absolute atomic E-state index is 0.156. The van der Waals surface area contributed by atoms with Crippen LogP contribution in [0.25, 0.3) is 0 Å². The first-order chi connectivity index (χ1) is 12.5. The number of rotatable bonds is 5. The van der Waals surface area contributed by atoms with Gasteiger partial charge in [-0.25, -0.2) is 4.98 Å². The van der Waals surface area contributed by atoms with E-state index in [2.05, 4.69) is 15.1 Å². The molecule has 1 fully saturated rings. The average molecular weight is 356 g/mol. The number of carbonyl (C=O) groups is 1. The Balaban J connectivity index is 1.52. The predicted molar refractivity (Wildman–Crippen MR) is 101 cm³/mol. The Kier molecular flexibility index (Phi) is 5.85. The van der Waals surface area contributed by atoms with E-state index in [1.54, 1.807) is 10.9 Å². The lowest BCUT2D eigenvalue weighted by atomic mass is 9.95. The zero-order chi connectivity index (χ0) is 18.5. The molecular formula is C19H28N6O. The van der Waals surface area contributed by atoms with Crippen molar-refractivity contribution < 1.29 is 4.79 Å². The van der Waals surface area contributed by atoms with Gasteiger partial charge in [0.1, 0.15) is 12.4 Å². The van der Waals surface area contributed by atoms with Crippen LogP contribution in [0.1, 0.15) is 30.5 Å². The number of hydrogen-bond donors (Lipinski definition) is 0. The van der Waals surface area contributed by atoms with Crippen molar-refractivity contribution in [2.45, 2.75) is 39.2 Å². The summed E-state index contributed by atoms with van der Waals surface area (Å²) in [6.45, 7) is 3.96. The van der Waals surface area contributed by atoms with Crippen LogP contribution in [0.3, 0.4) is 0 Å². The molecule has 1 aliphatic rings. The van der Waals surface area contributed by atoms with E-state index in [0.717, 1.165) is 55.8 Å². The molecule has 0 bridgehead atoms. The van der Waals surface area contributed by atoms with Crippen molar-refractivity contribution in [3.8, 4) is 0 Å². The van der Waals surface area contributed by atoms with E-state index in [1.807, 2.05) is 49.4 Å². The summed E-state index contributed by atoms with van der Waals surface area (Å²) in [6.07, 6.45) is 11.5. The van der Waals surface area contributed by atoms with Crippen molar-refractivity contribution in [3.05, 3.63) is 36.0 Å². The molecule has 2 aromatic heterocycles. The quantitative estimate of drug-likeness (QED) is 0.819. The lowest BCUT2D eigenvalue weighted by molar-refractivity contribution is -0.132. The highest BCUT2D eigenvalue weighted by Gasteiger charge is 2.21. The van der Waals surface area contributed by atoms with Gasteiger partial charge in [-0.05, 0) is 44.1 Å². The van der Waals surface area contributed by atoms with Gasteiger partial charge in [-0.15, -0.1) is 0 Å². The van der Waals surface area contributed by atoms with Gasteiger partial charge in [0.15, 0.2) is 0 Å². The van der Waals surface area contributed by atoms with Crippen molar-refractivity contribution in [3.63, 3.8) is 0 Å². The van der Waals surface area contributed by atoms with E-state index in [-0.39, 0.29) is 5.91 Å². The van der Waals surface area contributed by atoms with Gasteiger partial charge in [0, 0.05) is 33.4 Å². The Morgan fingerprint density at radius 2 is 2.04 bits per heavy atom. The molecule has 7 nitrogen and oxygen atoms in total. The predicted octanol–water partition coefficient (Wildman–Crippen LogP) is 1.92. The van der Waals surface area contributed by atoms with E-state index < -0.39 is 0 Å². The summed E-state index contributed by atoms with van der Waals surface area (Å²) in [6, 6.07) is 0. The number of anilines is 1. The minimum atomic E-state index is 0.156. The van der Waals surface area contributed by atoms with Gasteiger partial charge in [0.05, 0.1) is 24.3 Å². The molecule has 0 spiro atoms. The second kappa shape index (κ2) is 8.29. The number of carbonyl (C=O) groups excluding carboxylic acids is 1. The van der Waals surface area contributed by atoms with Crippen LogP contribution in [0, 0.1) is 12.8 Å². The highest BCUT2D eigenvalue weighted by molar-refractivity contribution is 5.75. The summed E-state index contributed by atoms with van der Waals surface area (Å²) in [7, 11) is 3.93. The van der Waals surface area contributed by atoms with Gasteiger partial charge in [0.25, 0.3) is 0 Å². The number of hydrogen-bond acceptors (Lipinski definition) is 5. The van der Waals surface area contributed by atoms with Gasteiger partial charge in [-0.2, -0.15) is 5.10 Å². The molecule has 1 amide bonds. The highest BCUT2D eigenvalue weighted by Crippen LogP contribution is 2.21. The third kappa shape index (κ3) is 4.80. The first-order valence-corrected chi connectivity index (χ1v) is 9.26. The first-order valence-electron chi connectivity index (χ1n) is 9.26. The molecule has 2 aromatic rings. The Bertz CT molecular complexity index is 724. The maximum atomic E-state index is 12.5. The lowest BCUT2D eigenvalue weighted by Crippen LogP contribution is -2.34. The third-order valence-electron chi connectivity index (χ3n) is 4.91. The molecule has 1 atom stereocenters. The van der Waals surface area contributed by atoms with Crippen LogP contribution in [0.2, 0.25) is 0 Å². The standard InChI is InChI=1S/C19H28N6O/c1-15-10-22-25(13-15)14-19(26)24-7-4-5-16(6-8-24)9-17-11-21-18(12-20-17)23(2)3/h10-13,16H,4-9,14H2,1-3H3/t16-/m1/s1. The molecule has 0 aromatic carbocycles. The summed E-state index contributed by atoms with van der Waals surface area (Å²) in [4.78, 5) is 25.5. The Morgan fingerprint density at radius 3 is 2.69 bits per heavy atom. The van der Waals surface area contributed by atoms with E-state index in [0.29, 0.717) is 12.5 Å². The van der Waals surface area contributed by atoms with E-state index >= 15 is 0 Å². The SMILES string of the molecule is Cc1cnn(CC(=O)N2CCC[C@@H](Cc3cnc(N(C)C)cn3)CC2)c1. The molecule has 140 valence electrons. The Labute approximate surface area is 155 Å². The second-order valence-corrected chi connectivity index (χ2v) is 7.36. The maximum Gasteiger partial charge on any atom is 0.244 e. The fourth-order valence-electron chi connectivity index (χ4n) is 3.39. The van der Waals surface area contributed by atoms with Crippen molar-refractivity contribution in [2.75, 3.05) is 32.1 Å². The zero-order valence-electron chi connectivity index (χ0n) is 15.9. The molecule has 26 heavy (non-hydrogen) atoms. The van der Waals surface area contributed by atoms with Gasteiger partial charge in [-0.1, -0.05) is 0 Å². The van der Waals surface area contributed by atoms with Gasteiger partial charge >= 0.3 is 0 Å². The second-order valence-electron chi connectivity index (χ2n) is 7.36. The third-order valence-corrected chi connectivity index (χ3v) is 4.91. The molecule has 7 heteroatoms. The number of nitrogens with zero attached hydrogens (tertiary/aromatic N) is 6. The molecule has 0 unspecified atom stereocenters. The van der Waals surface area contributed by atoms with Crippen molar-refractivity contribution in [1.29, 1.82) is 0 Å². The molecule has 0 saturated carbocycles. The molecule has 1 aliphatic heterocycles. The van der Waals surface area contributed by atoms with Crippen molar-refractivity contribution in [2.24, 2.45) is 5.92 Å². The molecule has 3 rings (SSSR count). The van der Waals surface area contributed by atoms with Crippen molar-refractivity contribution in [1.82, 2.24) is 24.6 Å². The number of aromatic nitrogens is 4. The van der Waals surface area contributed by atoms with Gasteiger partial charge < -0.3 is 9.80 Å². The molecule has 1 saturated heterocycles. The lowest BCUT2D eigenvalue weighted by Gasteiger charge is -2.20. The van der Waals surface area contributed by atoms with Crippen LogP contribution in [0.5, 0.6) is 0 Å². The molecule has 0 radical (unpaired) electrons. The smallest absolute Gasteiger partial charge is 0.244 e. The average Bonchev–Trinajstić information content (AvgIpc) is 2.88. The van der Waals surface area contributed by atoms with E-state index in [9.17, 15) is 4.79 Å². The summed E-state index contributed by atoms with van der Waals surface area (Å²) < 4.78 is 1.72. The van der Waals surface area contributed by atoms with Gasteiger partial charge in [0.2, 0.25) is 5.91 Å². The van der Waals surface area contributed by atoms with Gasteiger partial charge in [-0.3, -0.25) is 14.5 Å². The monoisotopic (exact) mass is 356 g/mol. The van der Waals surface area contributed by atoms with Crippen LogP contribution in [-0.2, 0) is 17.8 Å². The molecule has 0 aliphatic carbocycles. The van der Waals surface area contributed by atoms with E-state index in [1.165, 1.54) is 0 Å². The number of amides is 1. The Hall–Kier alpha value is -2.44. The minimum Gasteiger partial charge on any atom is -0.361 e. The molecule has 3 heterocycles. The fourth-order valence-corrected chi connectivity index (χ4v) is 3.39. The molecular weight excluding hydrogens is 328 g/mol. The van der Waals surface area contributed by atoms with Crippen LogP contribution in [0.4, 0.5) is 5.82 Å². The summed E-state index contributed by atoms with van der Waals surface area (Å²) in [5, 5.41) is 4.21. The topological polar surface area (TPSA) is 67.2 Å². The van der Waals surface area contributed by atoms with Crippen molar-refractivity contribution >= 4 is 11.7 Å². The van der Waals surface area contributed by atoms with Crippen LogP contribution in [0.15, 0.2) is 24.8 Å². The summed E-state index contributed by atoms with van der Waals surface area (Å²) >= 11 is 0. The highest BCUT2D eigenvalue weighted by atomic mass is 16.2. The summed E-state index contributed by atoms with van der Waals surface area (Å²) in [5.74, 6) is 1.59.